The molecular formula is C33H32Cl2FN6O2+. The molecule has 11 heteroatoms. The van der Waals surface area contributed by atoms with E-state index in [1.165, 1.54) is 13.2 Å². The molecular weight excluding hydrogens is 602 g/mol. The SMILES string of the molecule is CNC1(C)CCN(C(=O)c2ccc([NH2+]c3ncc4c(n3)-c3ccc(Cl)cc3C(c3c(F)cccc3OC)=NC4)cc2Cl)CC1. The van der Waals surface area contributed by atoms with Gasteiger partial charge in [-0.1, -0.05) is 35.3 Å². The van der Waals surface area contributed by atoms with Crippen LogP contribution in [0.2, 0.25) is 10.0 Å². The second-order valence-electron chi connectivity index (χ2n) is 11.3. The molecule has 226 valence electrons. The lowest BCUT2D eigenvalue weighted by Crippen LogP contribution is -2.72. The number of methoxy groups -OCH3 is 1. The highest BCUT2D eigenvalue weighted by molar-refractivity contribution is 6.34. The van der Waals surface area contributed by atoms with Gasteiger partial charge in [0.2, 0.25) is 0 Å². The first-order valence-electron chi connectivity index (χ1n) is 14.4. The summed E-state index contributed by atoms with van der Waals surface area (Å²) in [5.41, 5.74) is 4.80. The Morgan fingerprint density at radius 1 is 1.09 bits per heavy atom. The Morgan fingerprint density at radius 3 is 2.61 bits per heavy atom. The van der Waals surface area contributed by atoms with Crippen LogP contribution in [0.15, 0.2) is 65.8 Å². The lowest BCUT2D eigenvalue weighted by molar-refractivity contribution is -0.487. The number of hydrogen-bond acceptors (Lipinski definition) is 6. The zero-order valence-corrected chi connectivity index (χ0v) is 26.1. The predicted molar refractivity (Wildman–Crippen MR) is 170 cm³/mol. The summed E-state index contributed by atoms with van der Waals surface area (Å²) in [6, 6.07) is 15.4. The highest BCUT2D eigenvalue weighted by Crippen LogP contribution is 2.36. The van der Waals surface area contributed by atoms with Crippen molar-refractivity contribution in [2.45, 2.75) is 31.8 Å². The molecule has 1 fully saturated rings. The van der Waals surface area contributed by atoms with Gasteiger partial charge >= 0.3 is 5.95 Å². The Balaban J connectivity index is 1.28. The van der Waals surface area contributed by atoms with Gasteiger partial charge in [0.1, 0.15) is 17.3 Å². The van der Waals surface area contributed by atoms with E-state index in [9.17, 15) is 4.79 Å². The van der Waals surface area contributed by atoms with Gasteiger partial charge in [0.05, 0.1) is 41.2 Å². The van der Waals surface area contributed by atoms with Crippen molar-refractivity contribution in [2.75, 3.05) is 27.2 Å². The number of hydrogen-bond donors (Lipinski definition) is 2. The van der Waals surface area contributed by atoms with Crippen molar-refractivity contribution in [1.29, 1.82) is 0 Å². The van der Waals surface area contributed by atoms with Crippen LogP contribution in [0.1, 0.15) is 46.8 Å². The summed E-state index contributed by atoms with van der Waals surface area (Å²) in [6.07, 6.45) is 3.49. The number of carbonyl (C=O) groups excluding carboxylic acids is 1. The van der Waals surface area contributed by atoms with E-state index in [2.05, 4.69) is 17.2 Å². The molecule has 3 aromatic carbocycles. The van der Waals surface area contributed by atoms with E-state index in [4.69, 9.17) is 37.9 Å². The van der Waals surface area contributed by atoms with Gasteiger partial charge in [-0.25, -0.2) is 9.71 Å². The molecule has 0 saturated carbocycles. The van der Waals surface area contributed by atoms with Crippen LogP contribution in [0.5, 0.6) is 5.75 Å². The van der Waals surface area contributed by atoms with Gasteiger partial charge in [-0.3, -0.25) is 9.79 Å². The largest absolute Gasteiger partial charge is 0.496 e. The van der Waals surface area contributed by atoms with Crippen LogP contribution in [-0.2, 0) is 6.54 Å². The maximum Gasteiger partial charge on any atom is 0.331 e. The van der Waals surface area contributed by atoms with Crippen molar-refractivity contribution in [3.63, 3.8) is 0 Å². The Bertz CT molecular complexity index is 1790. The number of rotatable bonds is 6. The van der Waals surface area contributed by atoms with E-state index in [0.29, 0.717) is 57.4 Å². The zero-order valence-electron chi connectivity index (χ0n) is 24.6. The zero-order chi connectivity index (χ0) is 31.0. The monoisotopic (exact) mass is 633 g/mol. The second kappa shape index (κ2) is 12.2. The number of quaternary nitrogens is 1. The quantitative estimate of drug-likeness (QED) is 0.266. The van der Waals surface area contributed by atoms with Crippen molar-refractivity contribution in [3.05, 3.63) is 98.9 Å². The number of nitrogens with two attached hydrogens (primary N) is 1. The number of amides is 1. The molecule has 2 aliphatic rings. The minimum absolute atomic E-state index is 0.0400. The van der Waals surface area contributed by atoms with E-state index < -0.39 is 5.82 Å². The maximum atomic E-state index is 15.2. The number of aliphatic imine (C=N–C) groups is 1. The smallest absolute Gasteiger partial charge is 0.331 e. The van der Waals surface area contributed by atoms with Gasteiger partial charge in [0, 0.05) is 58.7 Å². The summed E-state index contributed by atoms with van der Waals surface area (Å²) in [7, 11) is 3.46. The summed E-state index contributed by atoms with van der Waals surface area (Å²) in [4.78, 5) is 29.3. The first-order valence-corrected chi connectivity index (χ1v) is 15.1. The molecule has 0 unspecified atom stereocenters. The minimum atomic E-state index is -0.448. The van der Waals surface area contributed by atoms with Crippen molar-refractivity contribution in [1.82, 2.24) is 20.2 Å². The van der Waals surface area contributed by atoms with Crippen LogP contribution in [0.4, 0.5) is 16.0 Å². The molecule has 0 bridgehead atoms. The summed E-state index contributed by atoms with van der Waals surface area (Å²) in [6.45, 7) is 3.76. The summed E-state index contributed by atoms with van der Waals surface area (Å²) >= 11 is 13.1. The Kier molecular flexibility index (Phi) is 8.39. The maximum absolute atomic E-state index is 15.2. The Morgan fingerprint density at radius 2 is 1.89 bits per heavy atom. The van der Waals surface area contributed by atoms with Crippen LogP contribution >= 0.6 is 23.2 Å². The van der Waals surface area contributed by atoms with Crippen LogP contribution in [0.25, 0.3) is 11.3 Å². The molecule has 44 heavy (non-hydrogen) atoms. The number of ether oxygens (including phenoxy) is 1. The van der Waals surface area contributed by atoms with E-state index in [0.717, 1.165) is 29.7 Å². The fourth-order valence-corrected chi connectivity index (χ4v) is 6.13. The van der Waals surface area contributed by atoms with Gasteiger partial charge in [-0.05, 0) is 57.1 Å². The van der Waals surface area contributed by atoms with Gasteiger partial charge in [-0.15, -0.1) is 0 Å². The van der Waals surface area contributed by atoms with Crippen molar-refractivity contribution in [2.24, 2.45) is 4.99 Å². The molecule has 8 nitrogen and oxygen atoms in total. The summed E-state index contributed by atoms with van der Waals surface area (Å²) in [5.74, 6) is 0.305. The summed E-state index contributed by atoms with van der Waals surface area (Å²) in [5, 5.41) is 6.02. The Hall–Kier alpha value is -3.89. The average Bonchev–Trinajstić information content (AvgIpc) is 3.17. The number of aromatic nitrogens is 2. The van der Waals surface area contributed by atoms with Gasteiger partial charge in [0.25, 0.3) is 5.91 Å². The third kappa shape index (κ3) is 5.80. The predicted octanol–water partition coefficient (Wildman–Crippen LogP) is 5.69. The first-order chi connectivity index (χ1) is 21.2. The van der Waals surface area contributed by atoms with Crippen molar-refractivity contribution >= 4 is 46.5 Å². The van der Waals surface area contributed by atoms with E-state index in [1.54, 1.807) is 42.6 Å². The number of halogens is 3. The van der Waals surface area contributed by atoms with E-state index >= 15 is 4.39 Å². The molecule has 1 saturated heterocycles. The van der Waals surface area contributed by atoms with Crippen molar-refractivity contribution in [3.8, 4) is 17.0 Å². The molecule has 1 amide bonds. The molecule has 1 aromatic heterocycles. The molecule has 6 rings (SSSR count). The topological polar surface area (TPSA) is 96.3 Å². The van der Waals surface area contributed by atoms with Crippen molar-refractivity contribution < 1.29 is 19.2 Å². The Labute approximate surface area is 265 Å². The van der Waals surface area contributed by atoms with E-state index in [-0.39, 0.29) is 23.6 Å². The molecule has 4 aromatic rings. The molecule has 0 aliphatic carbocycles. The number of fused-ring (bicyclic) bond motifs is 3. The minimum Gasteiger partial charge on any atom is -0.496 e. The normalized spacial score (nSPS) is 15.6. The number of benzene rings is 3. The molecule has 3 N–H and O–H groups in total. The van der Waals surface area contributed by atoms with Gasteiger partial charge < -0.3 is 15.0 Å². The highest BCUT2D eigenvalue weighted by Gasteiger charge is 2.31. The van der Waals surface area contributed by atoms with Crippen LogP contribution in [0.3, 0.4) is 0 Å². The first kappa shape index (κ1) is 30.1. The molecule has 2 aliphatic heterocycles. The third-order valence-electron chi connectivity index (χ3n) is 8.49. The van der Waals surface area contributed by atoms with Crippen LogP contribution in [-0.4, -0.2) is 59.3 Å². The fourth-order valence-electron chi connectivity index (χ4n) is 5.69. The van der Waals surface area contributed by atoms with Crippen LogP contribution in [0, 0.1) is 5.82 Å². The molecule has 0 spiro atoms. The highest BCUT2D eigenvalue weighted by atomic mass is 35.5. The average molecular weight is 635 g/mol. The molecule has 3 heterocycles. The number of carbonyl (C=O) groups is 1. The number of nitrogens with zero attached hydrogens (tertiary/aromatic N) is 4. The van der Waals surface area contributed by atoms with Crippen LogP contribution < -0.4 is 15.4 Å². The lowest BCUT2D eigenvalue weighted by Gasteiger charge is -2.39. The van der Waals surface area contributed by atoms with E-state index in [1.807, 2.05) is 29.4 Å². The molecule has 0 atom stereocenters. The van der Waals surface area contributed by atoms with Gasteiger partial charge in [-0.2, -0.15) is 9.97 Å². The third-order valence-corrected chi connectivity index (χ3v) is 9.04. The standard InChI is InChI=1S/C33H31Cl2FN6O2/c1-33(37-2)11-13-42(14-12-33)31(43)23-10-8-21(16-25(23)35)40-32-39-18-19-17-38-30(28-26(36)5-4-6-27(28)44-3)24-15-20(34)7-9-22(24)29(19)41-32/h4-10,15-16,18,37H,11-14,17H2,1-3H3,(H,39,40,41)/p+1. The molecule has 0 radical (unpaired) electrons. The fraction of sp³-hybridized carbons (Fsp3) is 0.273. The second-order valence-corrected chi connectivity index (χ2v) is 12.1. The number of likely N-dealkylation sites (tertiary alicyclic amines) is 1. The van der Waals surface area contributed by atoms with Gasteiger partial charge in [0.15, 0.2) is 0 Å². The lowest BCUT2D eigenvalue weighted by atomic mass is 9.89. The number of piperidine rings is 1. The summed E-state index contributed by atoms with van der Waals surface area (Å²) < 4.78 is 20.7. The number of nitrogens with one attached hydrogen (secondary N) is 1.